The lowest BCUT2D eigenvalue weighted by Crippen LogP contribution is -2.22. The predicted octanol–water partition coefficient (Wildman–Crippen LogP) is 3.79. The maximum atomic E-state index is 4.94. The van der Waals surface area contributed by atoms with Crippen LogP contribution in [0.1, 0.15) is 16.8 Å². The van der Waals surface area contributed by atoms with E-state index in [-0.39, 0.29) is 0 Å². The SMILES string of the molecule is Cn1ccc2c1CN(Cc1cccnc1)Cc1cn(-c3ccccc3)nc1-2. The number of aryl methyl sites for hydroxylation is 1. The van der Waals surface area contributed by atoms with Crippen molar-refractivity contribution in [1.82, 2.24) is 24.2 Å². The summed E-state index contributed by atoms with van der Waals surface area (Å²) < 4.78 is 4.21. The number of pyridine rings is 1. The molecule has 0 amide bonds. The van der Waals surface area contributed by atoms with Crippen molar-refractivity contribution in [3.8, 4) is 16.9 Å². The molecule has 4 aromatic rings. The van der Waals surface area contributed by atoms with Crippen molar-refractivity contribution in [3.63, 3.8) is 0 Å². The van der Waals surface area contributed by atoms with Gasteiger partial charge in [-0.2, -0.15) is 5.10 Å². The summed E-state index contributed by atoms with van der Waals surface area (Å²) >= 11 is 0. The number of hydrogen-bond donors (Lipinski definition) is 0. The summed E-state index contributed by atoms with van der Waals surface area (Å²) in [7, 11) is 2.11. The first-order valence-corrected chi connectivity index (χ1v) is 9.18. The fourth-order valence-corrected chi connectivity index (χ4v) is 3.81. The molecule has 0 bridgehead atoms. The molecule has 27 heavy (non-hydrogen) atoms. The highest BCUT2D eigenvalue weighted by Crippen LogP contribution is 2.33. The maximum Gasteiger partial charge on any atom is 0.0991 e. The Balaban J connectivity index is 1.57. The van der Waals surface area contributed by atoms with Gasteiger partial charge in [-0.3, -0.25) is 9.88 Å². The van der Waals surface area contributed by atoms with Gasteiger partial charge in [-0.25, -0.2) is 4.68 Å². The van der Waals surface area contributed by atoms with Gasteiger partial charge in [0.15, 0.2) is 0 Å². The molecule has 1 aromatic carbocycles. The van der Waals surface area contributed by atoms with E-state index in [0.29, 0.717) is 0 Å². The summed E-state index contributed by atoms with van der Waals surface area (Å²) in [5.41, 5.74) is 7.19. The average Bonchev–Trinajstić information content (AvgIpc) is 3.24. The number of hydrogen-bond acceptors (Lipinski definition) is 3. The van der Waals surface area contributed by atoms with Gasteiger partial charge in [0.25, 0.3) is 0 Å². The zero-order valence-electron chi connectivity index (χ0n) is 15.3. The maximum absolute atomic E-state index is 4.94. The zero-order valence-corrected chi connectivity index (χ0v) is 15.3. The Kier molecular flexibility index (Phi) is 3.87. The number of benzene rings is 1. The Morgan fingerprint density at radius 2 is 1.89 bits per heavy atom. The monoisotopic (exact) mass is 355 g/mol. The first-order valence-electron chi connectivity index (χ1n) is 9.18. The minimum absolute atomic E-state index is 0.867. The summed E-state index contributed by atoms with van der Waals surface area (Å²) in [5.74, 6) is 0. The van der Waals surface area contributed by atoms with E-state index in [4.69, 9.17) is 5.10 Å². The molecule has 1 aliphatic rings. The Morgan fingerprint density at radius 1 is 1.00 bits per heavy atom. The fourth-order valence-electron chi connectivity index (χ4n) is 3.81. The van der Waals surface area contributed by atoms with Crippen LogP contribution >= 0.6 is 0 Å². The van der Waals surface area contributed by atoms with Crippen LogP contribution in [0.2, 0.25) is 0 Å². The molecule has 0 N–H and O–H groups in total. The molecule has 0 atom stereocenters. The van der Waals surface area contributed by atoms with Crippen molar-refractivity contribution in [3.05, 3.63) is 90.1 Å². The third-order valence-electron chi connectivity index (χ3n) is 5.16. The Bertz CT molecular complexity index is 1060. The fraction of sp³-hybridized carbons (Fsp3) is 0.182. The van der Waals surface area contributed by atoms with Crippen LogP contribution in [0, 0.1) is 0 Å². The molecule has 0 radical (unpaired) electrons. The van der Waals surface area contributed by atoms with E-state index >= 15 is 0 Å². The van der Waals surface area contributed by atoms with Gasteiger partial charge in [0, 0.05) is 68.3 Å². The van der Waals surface area contributed by atoms with E-state index < -0.39 is 0 Å². The Hall–Kier alpha value is -3.18. The largest absolute Gasteiger partial charge is 0.353 e. The number of aromatic nitrogens is 4. The van der Waals surface area contributed by atoms with E-state index in [9.17, 15) is 0 Å². The third-order valence-corrected chi connectivity index (χ3v) is 5.16. The van der Waals surface area contributed by atoms with Crippen LogP contribution in [0.25, 0.3) is 16.9 Å². The molecule has 3 aromatic heterocycles. The zero-order chi connectivity index (χ0) is 18.2. The molecule has 0 unspecified atom stereocenters. The minimum atomic E-state index is 0.867. The Labute approximate surface area is 158 Å². The summed E-state index contributed by atoms with van der Waals surface area (Å²) in [5, 5.41) is 4.94. The highest BCUT2D eigenvalue weighted by Gasteiger charge is 2.24. The average molecular weight is 355 g/mol. The van der Waals surface area contributed by atoms with E-state index in [1.165, 1.54) is 22.4 Å². The van der Waals surface area contributed by atoms with Gasteiger partial charge >= 0.3 is 0 Å². The topological polar surface area (TPSA) is 38.9 Å². The number of fused-ring (bicyclic) bond motifs is 3. The summed E-state index contributed by atoms with van der Waals surface area (Å²) in [4.78, 5) is 6.72. The van der Waals surface area contributed by atoms with Crippen molar-refractivity contribution < 1.29 is 0 Å². The van der Waals surface area contributed by atoms with Gasteiger partial charge < -0.3 is 4.57 Å². The van der Waals surface area contributed by atoms with Gasteiger partial charge in [-0.15, -0.1) is 0 Å². The first kappa shape index (κ1) is 16.0. The van der Waals surface area contributed by atoms with Crippen molar-refractivity contribution in [2.24, 2.45) is 7.05 Å². The second-order valence-corrected chi connectivity index (χ2v) is 7.08. The van der Waals surface area contributed by atoms with Gasteiger partial charge in [0.05, 0.1) is 11.4 Å². The molecule has 0 saturated heterocycles. The van der Waals surface area contributed by atoms with Gasteiger partial charge in [-0.1, -0.05) is 24.3 Å². The summed E-state index contributed by atoms with van der Waals surface area (Å²) in [6.07, 6.45) is 8.07. The standard InChI is InChI=1S/C22H21N5/c1-25-11-9-20-21(25)16-26(13-17-6-5-10-23-12-17)14-18-15-27(24-22(18)20)19-7-3-2-4-8-19/h2-12,15H,13-14,16H2,1H3. The molecule has 1 aliphatic heterocycles. The van der Waals surface area contributed by atoms with Crippen LogP contribution < -0.4 is 0 Å². The molecule has 0 fully saturated rings. The van der Waals surface area contributed by atoms with Gasteiger partial charge in [0.2, 0.25) is 0 Å². The van der Waals surface area contributed by atoms with Crippen LogP contribution in [0.4, 0.5) is 0 Å². The summed E-state index contributed by atoms with van der Waals surface area (Å²) in [6.45, 7) is 2.63. The van der Waals surface area contributed by atoms with Crippen LogP contribution in [-0.2, 0) is 26.7 Å². The molecule has 134 valence electrons. The lowest BCUT2D eigenvalue weighted by Gasteiger charge is -2.21. The molecule has 0 aliphatic carbocycles. The quantitative estimate of drug-likeness (QED) is 0.561. The molecular weight excluding hydrogens is 334 g/mol. The van der Waals surface area contributed by atoms with E-state index in [2.05, 4.69) is 58.2 Å². The normalized spacial score (nSPS) is 13.8. The molecule has 0 saturated carbocycles. The van der Waals surface area contributed by atoms with E-state index in [1.807, 2.05) is 41.3 Å². The lowest BCUT2D eigenvalue weighted by atomic mass is 10.1. The van der Waals surface area contributed by atoms with Crippen LogP contribution in [-0.4, -0.2) is 24.2 Å². The van der Waals surface area contributed by atoms with Gasteiger partial charge in [-0.05, 0) is 29.8 Å². The number of para-hydroxylation sites is 1. The first-order chi connectivity index (χ1) is 13.3. The number of rotatable bonds is 3. The second-order valence-electron chi connectivity index (χ2n) is 7.08. The molecule has 5 nitrogen and oxygen atoms in total. The Morgan fingerprint density at radius 3 is 2.70 bits per heavy atom. The highest BCUT2D eigenvalue weighted by molar-refractivity contribution is 5.67. The van der Waals surface area contributed by atoms with Crippen LogP contribution in [0.5, 0.6) is 0 Å². The van der Waals surface area contributed by atoms with Gasteiger partial charge in [0.1, 0.15) is 0 Å². The molecule has 0 spiro atoms. The highest BCUT2D eigenvalue weighted by atomic mass is 15.3. The smallest absolute Gasteiger partial charge is 0.0991 e. The lowest BCUT2D eigenvalue weighted by molar-refractivity contribution is 0.245. The van der Waals surface area contributed by atoms with Crippen LogP contribution in [0.15, 0.2) is 73.3 Å². The van der Waals surface area contributed by atoms with E-state index in [0.717, 1.165) is 31.0 Å². The second kappa shape index (κ2) is 6.52. The number of nitrogens with zero attached hydrogens (tertiary/aromatic N) is 5. The van der Waals surface area contributed by atoms with Crippen molar-refractivity contribution >= 4 is 0 Å². The molecule has 5 heteroatoms. The van der Waals surface area contributed by atoms with Crippen LogP contribution in [0.3, 0.4) is 0 Å². The predicted molar refractivity (Wildman–Crippen MR) is 105 cm³/mol. The molecule has 4 heterocycles. The van der Waals surface area contributed by atoms with Crippen molar-refractivity contribution in [1.29, 1.82) is 0 Å². The molecule has 5 rings (SSSR count). The third kappa shape index (κ3) is 2.96. The molecular formula is C22H21N5. The minimum Gasteiger partial charge on any atom is -0.353 e. The van der Waals surface area contributed by atoms with Crippen molar-refractivity contribution in [2.75, 3.05) is 0 Å². The summed E-state index contributed by atoms with van der Waals surface area (Å²) in [6, 6.07) is 16.6. The van der Waals surface area contributed by atoms with E-state index in [1.54, 1.807) is 0 Å². The van der Waals surface area contributed by atoms with Crippen molar-refractivity contribution in [2.45, 2.75) is 19.6 Å².